The molecule has 16 heavy (non-hydrogen) atoms. The van der Waals surface area contributed by atoms with E-state index in [1.807, 2.05) is 24.4 Å². The molecule has 2 aromatic rings. The average molecular weight is 210 g/mol. The van der Waals surface area contributed by atoms with E-state index in [-0.39, 0.29) is 0 Å². The summed E-state index contributed by atoms with van der Waals surface area (Å²) in [4.78, 5) is 4.10. The van der Waals surface area contributed by atoms with Crippen LogP contribution in [0, 0.1) is 11.8 Å². The smallest absolute Gasteiger partial charge is 0.0580 e. The van der Waals surface area contributed by atoms with Crippen LogP contribution in [0.15, 0.2) is 36.7 Å². The highest BCUT2D eigenvalue weighted by Crippen LogP contribution is 2.15. The highest BCUT2D eigenvalue weighted by atomic mass is 14.8. The summed E-state index contributed by atoms with van der Waals surface area (Å²) < 4.78 is 0. The number of nitrogens with zero attached hydrogens (tertiary/aromatic N) is 1. The summed E-state index contributed by atoms with van der Waals surface area (Å²) in [7, 11) is 0. The van der Waals surface area contributed by atoms with Crippen LogP contribution < -0.4 is 5.32 Å². The van der Waals surface area contributed by atoms with E-state index in [2.05, 4.69) is 35.1 Å². The van der Waals surface area contributed by atoms with Crippen LogP contribution in [0.2, 0.25) is 0 Å². The average Bonchev–Trinajstić information content (AvgIpc) is 2.35. The molecule has 1 N–H and O–H groups in total. The summed E-state index contributed by atoms with van der Waals surface area (Å²) in [5.74, 6) is 6.30. The predicted octanol–water partition coefficient (Wildman–Crippen LogP) is 2.20. The first-order valence-corrected chi connectivity index (χ1v) is 5.44. The van der Waals surface area contributed by atoms with Gasteiger partial charge in [-0.05, 0) is 18.7 Å². The molecule has 0 aliphatic heterocycles. The highest BCUT2D eigenvalue weighted by Gasteiger charge is 1.96. The summed E-state index contributed by atoms with van der Waals surface area (Å²) >= 11 is 0. The Morgan fingerprint density at radius 2 is 2.25 bits per heavy atom. The van der Waals surface area contributed by atoms with Crippen molar-refractivity contribution in [1.29, 1.82) is 0 Å². The molecular weight excluding hydrogens is 196 g/mol. The molecule has 2 rings (SSSR count). The molecule has 2 heteroatoms. The summed E-state index contributed by atoms with van der Waals surface area (Å²) in [6, 6.07) is 8.12. The van der Waals surface area contributed by atoms with Gasteiger partial charge in [-0.15, -0.1) is 0 Å². The van der Waals surface area contributed by atoms with E-state index < -0.39 is 0 Å². The van der Waals surface area contributed by atoms with Crippen LogP contribution in [-0.2, 0) is 0 Å². The maximum Gasteiger partial charge on any atom is 0.0580 e. The van der Waals surface area contributed by atoms with Gasteiger partial charge < -0.3 is 5.32 Å². The van der Waals surface area contributed by atoms with Gasteiger partial charge in [-0.1, -0.05) is 30.9 Å². The molecule has 1 aromatic carbocycles. The molecule has 80 valence electrons. The molecule has 0 aliphatic carbocycles. The molecule has 0 saturated heterocycles. The van der Waals surface area contributed by atoms with Crippen molar-refractivity contribution in [2.45, 2.75) is 6.92 Å². The molecule has 1 aromatic heterocycles. The number of benzene rings is 1. The molecule has 0 bridgehead atoms. The minimum absolute atomic E-state index is 0.734. The molecule has 2 nitrogen and oxygen atoms in total. The molecule has 0 radical (unpaired) electrons. The number of aromatic nitrogens is 1. The van der Waals surface area contributed by atoms with E-state index in [1.165, 1.54) is 5.39 Å². The molecule has 0 saturated carbocycles. The first-order chi connectivity index (χ1) is 7.92. The fraction of sp³-hybridized carbons (Fsp3) is 0.214. The second kappa shape index (κ2) is 5.29. The van der Waals surface area contributed by atoms with Gasteiger partial charge in [0.2, 0.25) is 0 Å². The van der Waals surface area contributed by atoms with Crippen LogP contribution in [0.3, 0.4) is 0 Å². The number of hydrogen-bond donors (Lipinski definition) is 1. The quantitative estimate of drug-likeness (QED) is 0.607. The Morgan fingerprint density at radius 1 is 1.31 bits per heavy atom. The Morgan fingerprint density at radius 3 is 3.12 bits per heavy atom. The van der Waals surface area contributed by atoms with Gasteiger partial charge in [-0.3, -0.25) is 4.98 Å². The fourth-order valence-corrected chi connectivity index (χ4v) is 1.56. The van der Waals surface area contributed by atoms with Gasteiger partial charge in [0.15, 0.2) is 0 Å². The number of fused-ring (bicyclic) bond motifs is 1. The summed E-state index contributed by atoms with van der Waals surface area (Å²) in [5.41, 5.74) is 1.07. The van der Waals surface area contributed by atoms with Gasteiger partial charge in [-0.25, -0.2) is 0 Å². The Hall–Kier alpha value is -1.85. The van der Waals surface area contributed by atoms with E-state index in [0.717, 1.165) is 24.0 Å². The zero-order chi connectivity index (χ0) is 11.2. The summed E-state index contributed by atoms with van der Waals surface area (Å²) in [6.07, 6.45) is 3.67. The van der Waals surface area contributed by atoms with E-state index in [0.29, 0.717) is 0 Å². The number of rotatable bonds is 2. The fourth-order valence-electron chi connectivity index (χ4n) is 1.56. The Labute approximate surface area is 95.7 Å². The van der Waals surface area contributed by atoms with Gasteiger partial charge in [0.05, 0.1) is 6.54 Å². The molecular formula is C14H14N2. The monoisotopic (exact) mass is 210 g/mol. The highest BCUT2D eigenvalue weighted by molar-refractivity contribution is 5.87. The molecule has 0 amide bonds. The van der Waals surface area contributed by atoms with Crippen molar-refractivity contribution < 1.29 is 0 Å². The normalized spacial score (nSPS) is 9.81. The van der Waals surface area contributed by atoms with Gasteiger partial charge in [0.25, 0.3) is 0 Å². The third-order valence-corrected chi connectivity index (χ3v) is 2.37. The Bertz CT molecular complexity index is 530. The van der Waals surface area contributed by atoms with Crippen molar-refractivity contribution in [3.63, 3.8) is 0 Å². The summed E-state index contributed by atoms with van der Waals surface area (Å²) in [5, 5.41) is 5.49. The van der Waals surface area contributed by atoms with E-state index >= 15 is 0 Å². The zero-order valence-electron chi connectivity index (χ0n) is 9.33. The van der Waals surface area contributed by atoms with Crippen molar-refractivity contribution >= 4 is 10.8 Å². The molecule has 0 fully saturated rings. The topological polar surface area (TPSA) is 24.9 Å². The second-order valence-corrected chi connectivity index (χ2v) is 3.48. The Balaban J connectivity index is 2.32. The molecule has 0 aliphatic rings. The van der Waals surface area contributed by atoms with Crippen molar-refractivity contribution in [2.75, 3.05) is 13.1 Å². The first kappa shape index (κ1) is 10.7. The van der Waals surface area contributed by atoms with Crippen LogP contribution in [0.4, 0.5) is 0 Å². The minimum atomic E-state index is 0.734. The lowest BCUT2D eigenvalue weighted by Crippen LogP contribution is -2.11. The third kappa shape index (κ3) is 2.39. The van der Waals surface area contributed by atoms with Crippen LogP contribution >= 0.6 is 0 Å². The van der Waals surface area contributed by atoms with Crippen LogP contribution in [0.5, 0.6) is 0 Å². The van der Waals surface area contributed by atoms with Crippen molar-refractivity contribution in [1.82, 2.24) is 10.3 Å². The number of pyridine rings is 1. The molecule has 0 atom stereocenters. The number of hydrogen-bond acceptors (Lipinski definition) is 2. The first-order valence-electron chi connectivity index (χ1n) is 5.44. The lowest BCUT2D eigenvalue weighted by molar-refractivity contribution is 0.811. The zero-order valence-corrected chi connectivity index (χ0v) is 9.33. The van der Waals surface area contributed by atoms with Crippen LogP contribution in [-0.4, -0.2) is 18.1 Å². The van der Waals surface area contributed by atoms with E-state index in [4.69, 9.17) is 0 Å². The number of nitrogens with one attached hydrogen (secondary N) is 1. The SMILES string of the molecule is CCNCC#Cc1cccc2cnccc12. The van der Waals surface area contributed by atoms with E-state index in [1.54, 1.807) is 6.20 Å². The molecule has 0 unspecified atom stereocenters. The largest absolute Gasteiger partial charge is 0.306 e. The maximum absolute atomic E-state index is 4.10. The predicted molar refractivity (Wildman–Crippen MR) is 67.2 cm³/mol. The van der Waals surface area contributed by atoms with Crippen LogP contribution in [0.25, 0.3) is 10.8 Å². The van der Waals surface area contributed by atoms with Crippen LogP contribution in [0.1, 0.15) is 12.5 Å². The van der Waals surface area contributed by atoms with Gasteiger partial charge in [0, 0.05) is 28.7 Å². The van der Waals surface area contributed by atoms with Gasteiger partial charge in [0.1, 0.15) is 0 Å². The van der Waals surface area contributed by atoms with Crippen molar-refractivity contribution in [2.24, 2.45) is 0 Å². The lowest BCUT2D eigenvalue weighted by atomic mass is 10.1. The Kier molecular flexibility index (Phi) is 3.53. The summed E-state index contributed by atoms with van der Waals surface area (Å²) in [6.45, 7) is 3.76. The standard InChI is InChI=1S/C14H14N2/c1-2-15-9-4-7-12-5-3-6-13-11-16-10-8-14(12)13/h3,5-6,8,10-11,15H,2,9H2,1H3. The van der Waals surface area contributed by atoms with E-state index in [9.17, 15) is 0 Å². The van der Waals surface area contributed by atoms with Gasteiger partial charge >= 0.3 is 0 Å². The maximum atomic E-state index is 4.10. The second-order valence-electron chi connectivity index (χ2n) is 3.48. The minimum Gasteiger partial charge on any atom is -0.306 e. The van der Waals surface area contributed by atoms with Gasteiger partial charge in [-0.2, -0.15) is 0 Å². The molecule has 0 spiro atoms. The van der Waals surface area contributed by atoms with Crippen molar-refractivity contribution in [3.8, 4) is 11.8 Å². The van der Waals surface area contributed by atoms with Crippen molar-refractivity contribution in [3.05, 3.63) is 42.2 Å². The third-order valence-electron chi connectivity index (χ3n) is 2.37. The molecule has 1 heterocycles. The lowest BCUT2D eigenvalue weighted by Gasteiger charge is -1.98.